The third-order valence-electron chi connectivity index (χ3n) is 4.71. The van der Waals surface area contributed by atoms with Gasteiger partial charge >= 0.3 is 12.0 Å². The van der Waals surface area contributed by atoms with Gasteiger partial charge in [0, 0.05) is 29.1 Å². The van der Waals surface area contributed by atoms with Crippen LogP contribution in [0.3, 0.4) is 0 Å². The van der Waals surface area contributed by atoms with E-state index in [1.165, 1.54) is 0 Å². The van der Waals surface area contributed by atoms with Crippen molar-refractivity contribution in [2.24, 2.45) is 0 Å². The molecule has 0 saturated heterocycles. The molecule has 0 fully saturated rings. The first-order valence-electron chi connectivity index (χ1n) is 9.42. The molecule has 0 saturated carbocycles. The number of carboxylic acids is 1. The summed E-state index contributed by atoms with van der Waals surface area (Å²) in [4.78, 5) is 31.1. The second kappa shape index (κ2) is 8.52. The number of rotatable bonds is 7. The number of para-hydroxylation sites is 1. The molecular weight excluding hydrogens is 384 g/mol. The molecular formula is C22H20N4O4. The van der Waals surface area contributed by atoms with Gasteiger partial charge in [0.25, 0.3) is 0 Å². The van der Waals surface area contributed by atoms with Gasteiger partial charge in [-0.05, 0) is 11.6 Å². The van der Waals surface area contributed by atoms with Crippen LogP contribution in [-0.2, 0) is 17.8 Å². The van der Waals surface area contributed by atoms with Gasteiger partial charge in [0.05, 0.1) is 12.7 Å². The predicted molar refractivity (Wildman–Crippen MR) is 111 cm³/mol. The van der Waals surface area contributed by atoms with Crippen molar-refractivity contribution in [2.75, 3.05) is 0 Å². The largest absolute Gasteiger partial charge is 0.480 e. The van der Waals surface area contributed by atoms with E-state index in [-0.39, 0.29) is 13.0 Å². The first-order valence-corrected chi connectivity index (χ1v) is 9.42. The monoisotopic (exact) mass is 404 g/mol. The maximum absolute atomic E-state index is 12.2. The minimum atomic E-state index is -1.11. The smallest absolute Gasteiger partial charge is 0.326 e. The van der Waals surface area contributed by atoms with Crippen molar-refractivity contribution in [1.29, 1.82) is 0 Å². The van der Waals surface area contributed by atoms with Gasteiger partial charge in [0.15, 0.2) is 5.76 Å². The number of aliphatic carboxylic acids is 1. The van der Waals surface area contributed by atoms with Gasteiger partial charge in [-0.1, -0.05) is 48.5 Å². The summed E-state index contributed by atoms with van der Waals surface area (Å²) in [5, 5.41) is 15.5. The Balaban J connectivity index is 1.36. The van der Waals surface area contributed by atoms with Crippen LogP contribution in [0.5, 0.6) is 0 Å². The van der Waals surface area contributed by atoms with Crippen molar-refractivity contribution < 1.29 is 19.1 Å². The lowest BCUT2D eigenvalue weighted by Crippen LogP contribution is -2.46. The molecule has 4 rings (SSSR count). The SMILES string of the molecule is O=C(NCc1ncc(-c2ccccc2)o1)NC(Cc1c[nH]c2ccccc12)C(=O)O. The number of benzene rings is 2. The zero-order valence-corrected chi connectivity index (χ0v) is 16.0. The minimum absolute atomic E-state index is 0.0398. The maximum Gasteiger partial charge on any atom is 0.326 e. The van der Waals surface area contributed by atoms with E-state index in [2.05, 4.69) is 20.6 Å². The molecule has 0 aliphatic carbocycles. The van der Waals surface area contributed by atoms with E-state index in [4.69, 9.17) is 4.42 Å². The molecule has 0 spiro atoms. The highest BCUT2D eigenvalue weighted by atomic mass is 16.4. The summed E-state index contributed by atoms with van der Waals surface area (Å²) in [6.07, 6.45) is 3.50. The second-order valence-corrected chi connectivity index (χ2v) is 6.77. The number of nitrogens with zero attached hydrogens (tertiary/aromatic N) is 1. The molecule has 2 aromatic carbocycles. The van der Waals surface area contributed by atoms with Crippen LogP contribution >= 0.6 is 0 Å². The normalized spacial score (nSPS) is 11.9. The van der Waals surface area contributed by atoms with E-state index in [0.29, 0.717) is 11.7 Å². The lowest BCUT2D eigenvalue weighted by Gasteiger charge is -2.14. The summed E-state index contributed by atoms with van der Waals surface area (Å²) in [6, 6.07) is 15.4. The Labute approximate surface area is 171 Å². The average Bonchev–Trinajstić information content (AvgIpc) is 3.40. The third-order valence-corrected chi connectivity index (χ3v) is 4.71. The number of carbonyl (C=O) groups excluding carboxylic acids is 1. The standard InChI is InChI=1S/C22H20N4O4/c27-21(28)18(10-15-11-23-17-9-5-4-8-16(15)17)26-22(29)25-13-20-24-12-19(30-20)14-6-2-1-3-7-14/h1-9,11-12,18,23H,10,13H2,(H,27,28)(H2,25,26,29). The topological polar surface area (TPSA) is 120 Å². The van der Waals surface area contributed by atoms with Crippen LogP contribution in [-0.4, -0.2) is 33.1 Å². The van der Waals surface area contributed by atoms with Crippen LogP contribution < -0.4 is 10.6 Å². The number of aromatic nitrogens is 2. The maximum atomic E-state index is 12.2. The summed E-state index contributed by atoms with van der Waals surface area (Å²) in [6.45, 7) is 0.0398. The number of carbonyl (C=O) groups is 2. The highest BCUT2D eigenvalue weighted by molar-refractivity contribution is 5.86. The highest BCUT2D eigenvalue weighted by Crippen LogP contribution is 2.20. The fraction of sp³-hybridized carbons (Fsp3) is 0.136. The van der Waals surface area contributed by atoms with Gasteiger partial charge in [-0.3, -0.25) is 0 Å². The molecule has 30 heavy (non-hydrogen) atoms. The van der Waals surface area contributed by atoms with Crippen LogP contribution in [0.15, 0.2) is 71.4 Å². The lowest BCUT2D eigenvalue weighted by atomic mass is 10.1. The van der Waals surface area contributed by atoms with Gasteiger partial charge in [-0.25, -0.2) is 14.6 Å². The van der Waals surface area contributed by atoms with E-state index >= 15 is 0 Å². The van der Waals surface area contributed by atoms with Crippen LogP contribution in [0.1, 0.15) is 11.5 Å². The number of fused-ring (bicyclic) bond motifs is 1. The molecule has 1 atom stereocenters. The van der Waals surface area contributed by atoms with Crippen molar-refractivity contribution >= 4 is 22.9 Å². The Hall–Kier alpha value is -4.07. The molecule has 0 aliphatic heterocycles. The van der Waals surface area contributed by atoms with Gasteiger partial charge in [0.2, 0.25) is 5.89 Å². The number of H-pyrrole nitrogens is 1. The number of carboxylic acid groups (broad SMARTS) is 1. The molecule has 2 heterocycles. The number of hydrogen-bond donors (Lipinski definition) is 4. The molecule has 0 radical (unpaired) electrons. The Morgan fingerprint density at radius 1 is 1.10 bits per heavy atom. The Morgan fingerprint density at radius 3 is 2.67 bits per heavy atom. The van der Waals surface area contributed by atoms with E-state index in [1.54, 1.807) is 12.4 Å². The first kappa shape index (κ1) is 19.3. The van der Waals surface area contributed by atoms with Crippen molar-refractivity contribution in [3.63, 3.8) is 0 Å². The molecule has 4 N–H and O–H groups in total. The summed E-state index contributed by atoms with van der Waals surface area (Å²) in [5.74, 6) is -0.194. The van der Waals surface area contributed by atoms with Crippen LogP contribution in [0.25, 0.3) is 22.2 Å². The van der Waals surface area contributed by atoms with E-state index < -0.39 is 18.0 Å². The van der Waals surface area contributed by atoms with Gasteiger partial charge < -0.3 is 25.1 Å². The third kappa shape index (κ3) is 4.33. The van der Waals surface area contributed by atoms with Crippen LogP contribution in [0.2, 0.25) is 0 Å². The number of urea groups is 1. The van der Waals surface area contributed by atoms with Crippen LogP contribution in [0, 0.1) is 0 Å². The Bertz CT molecular complexity index is 1170. The molecule has 152 valence electrons. The van der Waals surface area contributed by atoms with E-state index in [9.17, 15) is 14.7 Å². The summed E-state index contributed by atoms with van der Waals surface area (Å²) >= 11 is 0. The van der Waals surface area contributed by atoms with Crippen molar-refractivity contribution in [3.8, 4) is 11.3 Å². The van der Waals surface area contributed by atoms with Crippen LogP contribution in [0.4, 0.5) is 4.79 Å². The van der Waals surface area contributed by atoms with E-state index in [1.807, 2.05) is 54.6 Å². The minimum Gasteiger partial charge on any atom is -0.480 e. The zero-order valence-electron chi connectivity index (χ0n) is 16.0. The Morgan fingerprint density at radius 2 is 1.87 bits per heavy atom. The number of hydrogen-bond acceptors (Lipinski definition) is 4. The summed E-state index contributed by atoms with van der Waals surface area (Å²) < 4.78 is 5.63. The van der Waals surface area contributed by atoms with Crippen molar-refractivity contribution in [2.45, 2.75) is 19.0 Å². The van der Waals surface area contributed by atoms with Gasteiger partial charge in [0.1, 0.15) is 6.04 Å². The number of nitrogens with one attached hydrogen (secondary N) is 3. The number of oxazole rings is 1. The van der Waals surface area contributed by atoms with Gasteiger partial charge in [-0.2, -0.15) is 0 Å². The molecule has 1 unspecified atom stereocenters. The molecule has 4 aromatic rings. The summed E-state index contributed by atoms with van der Waals surface area (Å²) in [7, 11) is 0. The van der Waals surface area contributed by atoms with Crippen molar-refractivity contribution in [3.05, 3.63) is 78.4 Å². The fourth-order valence-corrected chi connectivity index (χ4v) is 3.21. The highest BCUT2D eigenvalue weighted by Gasteiger charge is 2.22. The molecule has 8 nitrogen and oxygen atoms in total. The molecule has 8 heteroatoms. The number of amides is 2. The summed E-state index contributed by atoms with van der Waals surface area (Å²) in [5.41, 5.74) is 2.61. The molecule has 0 bridgehead atoms. The van der Waals surface area contributed by atoms with Gasteiger partial charge in [-0.15, -0.1) is 0 Å². The van der Waals surface area contributed by atoms with Crippen molar-refractivity contribution in [1.82, 2.24) is 20.6 Å². The molecule has 2 amide bonds. The van der Waals surface area contributed by atoms with E-state index in [0.717, 1.165) is 22.0 Å². The Kier molecular flexibility index (Phi) is 5.47. The average molecular weight is 404 g/mol. The second-order valence-electron chi connectivity index (χ2n) is 6.77. The lowest BCUT2D eigenvalue weighted by molar-refractivity contribution is -0.139. The quantitative estimate of drug-likeness (QED) is 0.377. The first-order chi connectivity index (χ1) is 14.6. The fourth-order valence-electron chi connectivity index (χ4n) is 3.21. The number of aromatic amines is 1. The predicted octanol–water partition coefficient (Wildman–Crippen LogP) is 3.32. The molecule has 0 aliphatic rings. The zero-order chi connectivity index (χ0) is 20.9. The molecule has 2 aromatic heterocycles.